The number of hydrogen-bond donors (Lipinski definition) is 2. The van der Waals surface area contributed by atoms with Gasteiger partial charge in [0, 0.05) is 0 Å². The highest BCUT2D eigenvalue weighted by atomic mass is 16.5. The highest BCUT2D eigenvalue weighted by molar-refractivity contribution is 5.91. The average molecular weight is 342 g/mol. The number of hydrogen-bond acceptors (Lipinski definition) is 3. The van der Waals surface area contributed by atoms with Gasteiger partial charge in [0.1, 0.15) is 5.75 Å². The van der Waals surface area contributed by atoms with Gasteiger partial charge in [0.15, 0.2) is 0 Å². The van der Waals surface area contributed by atoms with E-state index < -0.39 is 11.9 Å². The number of benzene rings is 2. The number of aromatic carboxylic acids is 2. The second-order valence-electron chi connectivity index (χ2n) is 5.16. The van der Waals surface area contributed by atoms with Crippen LogP contribution in [0.5, 0.6) is 5.75 Å². The molecule has 5 heteroatoms. The zero-order valence-corrected chi connectivity index (χ0v) is 14.1. The molecule has 0 aliphatic rings. The van der Waals surface area contributed by atoms with Gasteiger partial charge in [-0.1, -0.05) is 38.1 Å². The van der Waals surface area contributed by atoms with Gasteiger partial charge >= 0.3 is 11.9 Å². The van der Waals surface area contributed by atoms with Crippen molar-refractivity contribution in [2.24, 2.45) is 0 Å². The fourth-order valence-corrected chi connectivity index (χ4v) is 1.79. The van der Waals surface area contributed by atoms with Gasteiger partial charge in [0.05, 0.1) is 17.7 Å². The largest absolute Gasteiger partial charge is 0.494 e. The van der Waals surface area contributed by atoms with E-state index in [1.807, 2.05) is 30.3 Å². The topological polar surface area (TPSA) is 83.8 Å². The summed E-state index contributed by atoms with van der Waals surface area (Å²) < 4.78 is 5.51. The predicted octanol–water partition coefficient (Wildman–Crippen LogP) is 4.59. The van der Waals surface area contributed by atoms with Crippen molar-refractivity contribution in [2.75, 3.05) is 6.61 Å². The van der Waals surface area contributed by atoms with Crippen LogP contribution in [0, 0.1) is 0 Å². The standard InChI is InChI=1S/C12H16O.C8H6O4/c1-3-5-10-13-12-8-6-11(4-2)7-9-12;9-7(10)5-1-2-6(4-3-5)8(11)12/h4,6-9H,2-3,5,10H2,1H3;1-4H,(H,9,10)(H,11,12). The van der Waals surface area contributed by atoms with E-state index in [2.05, 4.69) is 13.5 Å². The lowest BCUT2D eigenvalue weighted by Crippen LogP contribution is -1.99. The summed E-state index contributed by atoms with van der Waals surface area (Å²) in [6.07, 6.45) is 4.11. The Morgan fingerprint density at radius 1 is 0.960 bits per heavy atom. The maximum atomic E-state index is 10.3. The minimum absolute atomic E-state index is 0.0833. The molecule has 0 aromatic heterocycles. The van der Waals surface area contributed by atoms with Crippen LogP contribution >= 0.6 is 0 Å². The molecule has 0 heterocycles. The third kappa shape index (κ3) is 7.35. The van der Waals surface area contributed by atoms with Crippen molar-refractivity contribution in [2.45, 2.75) is 19.8 Å². The number of unbranched alkanes of at least 4 members (excludes halogenated alkanes) is 1. The van der Waals surface area contributed by atoms with E-state index >= 15 is 0 Å². The molecule has 0 aliphatic carbocycles. The van der Waals surface area contributed by atoms with Crippen LogP contribution in [0.25, 0.3) is 6.08 Å². The molecule has 0 fully saturated rings. The first-order chi connectivity index (χ1) is 12.0. The molecule has 5 nitrogen and oxygen atoms in total. The Morgan fingerprint density at radius 2 is 1.44 bits per heavy atom. The molecule has 0 aliphatic heterocycles. The van der Waals surface area contributed by atoms with Gasteiger partial charge in [-0.05, 0) is 48.4 Å². The monoisotopic (exact) mass is 342 g/mol. The molecule has 2 N–H and O–H groups in total. The zero-order chi connectivity index (χ0) is 18.7. The SMILES string of the molecule is C=Cc1ccc(OCCCC)cc1.O=C(O)c1ccc(C(=O)O)cc1. The van der Waals surface area contributed by atoms with Crippen molar-refractivity contribution >= 4 is 18.0 Å². The minimum atomic E-state index is -1.06. The molecule has 0 amide bonds. The molecule has 0 radical (unpaired) electrons. The lowest BCUT2D eigenvalue weighted by atomic mass is 10.1. The molecule has 0 bridgehead atoms. The predicted molar refractivity (Wildman–Crippen MR) is 97.3 cm³/mol. The van der Waals surface area contributed by atoms with Crippen molar-refractivity contribution in [1.29, 1.82) is 0 Å². The zero-order valence-electron chi connectivity index (χ0n) is 14.1. The molecule has 2 aromatic rings. The normalized spacial score (nSPS) is 9.48. The van der Waals surface area contributed by atoms with Gasteiger partial charge < -0.3 is 14.9 Å². The first-order valence-electron chi connectivity index (χ1n) is 7.90. The van der Waals surface area contributed by atoms with Crippen molar-refractivity contribution in [3.63, 3.8) is 0 Å². The summed E-state index contributed by atoms with van der Waals surface area (Å²) in [5.41, 5.74) is 1.29. The molecule has 0 spiro atoms. The Labute approximate surface area is 147 Å². The van der Waals surface area contributed by atoms with Crippen LogP contribution in [0.15, 0.2) is 55.1 Å². The lowest BCUT2D eigenvalue weighted by Gasteiger charge is -2.04. The molecule has 132 valence electrons. The molecule has 25 heavy (non-hydrogen) atoms. The highest BCUT2D eigenvalue weighted by Crippen LogP contribution is 2.13. The third-order valence-corrected chi connectivity index (χ3v) is 3.26. The third-order valence-electron chi connectivity index (χ3n) is 3.26. The quantitative estimate of drug-likeness (QED) is 0.719. The lowest BCUT2D eigenvalue weighted by molar-refractivity contribution is 0.0681. The van der Waals surface area contributed by atoms with Crippen LogP contribution in [0.1, 0.15) is 46.0 Å². The first kappa shape index (κ1) is 20.0. The van der Waals surface area contributed by atoms with E-state index in [-0.39, 0.29) is 11.1 Å². The fourth-order valence-electron chi connectivity index (χ4n) is 1.79. The highest BCUT2D eigenvalue weighted by Gasteiger charge is 2.04. The van der Waals surface area contributed by atoms with Gasteiger partial charge in [-0.2, -0.15) is 0 Å². The summed E-state index contributed by atoms with van der Waals surface area (Å²) in [5, 5.41) is 16.9. The van der Waals surface area contributed by atoms with Crippen LogP contribution in [0.3, 0.4) is 0 Å². The fraction of sp³-hybridized carbons (Fsp3) is 0.200. The smallest absolute Gasteiger partial charge is 0.335 e. The summed E-state index contributed by atoms with van der Waals surface area (Å²) in [6, 6.07) is 13.0. The Hall–Kier alpha value is -3.08. The van der Waals surface area contributed by atoms with Gasteiger partial charge in [-0.25, -0.2) is 9.59 Å². The van der Waals surface area contributed by atoms with E-state index in [4.69, 9.17) is 14.9 Å². The molecular weight excluding hydrogens is 320 g/mol. The number of carboxylic acids is 2. The van der Waals surface area contributed by atoms with E-state index in [9.17, 15) is 9.59 Å². The summed E-state index contributed by atoms with van der Waals surface area (Å²) in [4.78, 5) is 20.7. The van der Waals surface area contributed by atoms with Crippen LogP contribution in [0.4, 0.5) is 0 Å². The second kappa shape index (κ2) is 10.6. The van der Waals surface area contributed by atoms with Crippen LogP contribution in [-0.4, -0.2) is 28.8 Å². The van der Waals surface area contributed by atoms with Crippen LogP contribution in [0.2, 0.25) is 0 Å². The van der Waals surface area contributed by atoms with Crippen molar-refractivity contribution < 1.29 is 24.5 Å². The number of rotatable bonds is 7. The number of carboxylic acid groups (broad SMARTS) is 2. The van der Waals surface area contributed by atoms with E-state index in [1.54, 1.807) is 0 Å². The number of carbonyl (C=O) groups is 2. The van der Waals surface area contributed by atoms with Crippen molar-refractivity contribution in [1.82, 2.24) is 0 Å². The first-order valence-corrected chi connectivity index (χ1v) is 7.90. The van der Waals surface area contributed by atoms with Crippen molar-refractivity contribution in [3.8, 4) is 5.75 Å². The van der Waals surface area contributed by atoms with E-state index in [0.29, 0.717) is 0 Å². The molecule has 2 rings (SSSR count). The Morgan fingerprint density at radius 3 is 1.80 bits per heavy atom. The van der Waals surface area contributed by atoms with E-state index in [1.165, 1.54) is 30.7 Å². The Balaban J connectivity index is 0.000000251. The van der Waals surface area contributed by atoms with Crippen molar-refractivity contribution in [3.05, 3.63) is 71.8 Å². The van der Waals surface area contributed by atoms with Gasteiger partial charge in [0.2, 0.25) is 0 Å². The summed E-state index contributed by atoms with van der Waals surface area (Å²) in [6.45, 7) is 6.66. The Bertz CT molecular complexity index is 654. The summed E-state index contributed by atoms with van der Waals surface area (Å²) >= 11 is 0. The van der Waals surface area contributed by atoms with Gasteiger partial charge in [-0.15, -0.1) is 0 Å². The second-order valence-corrected chi connectivity index (χ2v) is 5.16. The minimum Gasteiger partial charge on any atom is -0.494 e. The number of ether oxygens (including phenoxy) is 1. The molecule has 0 saturated carbocycles. The molecule has 0 saturated heterocycles. The molecular formula is C20H22O5. The average Bonchev–Trinajstić information content (AvgIpc) is 2.63. The van der Waals surface area contributed by atoms with Crippen LogP contribution < -0.4 is 4.74 Å². The van der Waals surface area contributed by atoms with Gasteiger partial charge in [-0.3, -0.25) is 0 Å². The molecule has 0 atom stereocenters. The molecule has 0 unspecified atom stereocenters. The summed E-state index contributed by atoms with van der Waals surface area (Å²) in [7, 11) is 0. The summed E-state index contributed by atoms with van der Waals surface area (Å²) in [5.74, 6) is -1.18. The maximum absolute atomic E-state index is 10.3. The molecule has 2 aromatic carbocycles. The Kier molecular flexibility index (Phi) is 8.50. The van der Waals surface area contributed by atoms with Gasteiger partial charge in [0.25, 0.3) is 0 Å². The van der Waals surface area contributed by atoms with Crippen LogP contribution in [-0.2, 0) is 0 Å². The maximum Gasteiger partial charge on any atom is 0.335 e. The van der Waals surface area contributed by atoms with E-state index in [0.717, 1.165) is 24.3 Å².